The molecule has 240 valence electrons. The number of unbranched alkanes of at least 4 members (excludes halogenated alkanes) is 1. The molecule has 0 bridgehead atoms. The van der Waals surface area contributed by atoms with Crippen LogP contribution < -0.4 is 0 Å². The van der Waals surface area contributed by atoms with Crippen molar-refractivity contribution in [1.82, 2.24) is 0 Å². The van der Waals surface area contributed by atoms with Gasteiger partial charge in [0, 0.05) is 6.42 Å². The Morgan fingerprint density at radius 1 is 0.475 bits per heavy atom. The highest BCUT2D eigenvalue weighted by Gasteiger charge is 2.21. The molecule has 0 aromatic heterocycles. The quantitative estimate of drug-likeness (QED) is 0.0735. The van der Waals surface area contributed by atoms with Crippen LogP contribution >= 0.6 is 0 Å². The molecule has 0 aromatic carbocycles. The maximum Gasteiger partial charge on any atom is 0.0745 e. The number of aliphatic hydroxyl groups is 9. The predicted molar refractivity (Wildman–Crippen MR) is 158 cm³/mol. The van der Waals surface area contributed by atoms with Gasteiger partial charge in [-0.05, 0) is 82.5 Å². The fourth-order valence-corrected chi connectivity index (χ4v) is 4.79. The minimum atomic E-state index is -0.975. The van der Waals surface area contributed by atoms with Crippen molar-refractivity contribution < 1.29 is 46.0 Å². The Hall–Kier alpha value is -0.620. The lowest BCUT2D eigenvalue weighted by Gasteiger charge is -2.21. The van der Waals surface area contributed by atoms with Gasteiger partial charge in [0.1, 0.15) is 0 Å². The zero-order chi connectivity index (χ0) is 30.7. The van der Waals surface area contributed by atoms with Crippen molar-refractivity contribution in [3.05, 3.63) is 12.2 Å². The number of hydrogen-bond donors (Lipinski definition) is 9. The zero-order valence-electron chi connectivity index (χ0n) is 25.4. The molecule has 0 aliphatic heterocycles. The van der Waals surface area contributed by atoms with Gasteiger partial charge in [0.2, 0.25) is 0 Å². The van der Waals surface area contributed by atoms with Crippen molar-refractivity contribution in [3.8, 4) is 0 Å². The zero-order valence-corrected chi connectivity index (χ0v) is 25.4. The van der Waals surface area contributed by atoms with Crippen molar-refractivity contribution >= 4 is 0 Å². The molecule has 0 aliphatic rings. The lowest BCUT2D eigenvalue weighted by atomic mass is 9.91. The third-order valence-electron chi connectivity index (χ3n) is 7.82. The minimum absolute atomic E-state index is 0.0107. The van der Waals surface area contributed by atoms with Crippen LogP contribution in [0.4, 0.5) is 0 Å². The first-order chi connectivity index (χ1) is 18.7. The second-order valence-corrected chi connectivity index (χ2v) is 12.4. The number of rotatable bonds is 25. The molecule has 10 unspecified atom stereocenters. The molecule has 0 spiro atoms. The SMILES string of the molecule is CCCCC(O)CC(O)CCC(O)CC(O)CC(O)CC(O)C/C=C/C(O)CC(O)CC(O)CCC(C)C(C)C. The van der Waals surface area contributed by atoms with E-state index in [2.05, 4.69) is 20.8 Å². The summed E-state index contributed by atoms with van der Waals surface area (Å²) in [6, 6.07) is 0. The third kappa shape index (κ3) is 22.0. The van der Waals surface area contributed by atoms with Crippen LogP contribution in [0.15, 0.2) is 12.2 Å². The van der Waals surface area contributed by atoms with Crippen molar-refractivity contribution in [1.29, 1.82) is 0 Å². The van der Waals surface area contributed by atoms with E-state index >= 15 is 0 Å². The normalized spacial score (nSPS) is 20.1. The molecule has 0 amide bonds. The summed E-state index contributed by atoms with van der Waals surface area (Å²) >= 11 is 0. The second kappa shape index (κ2) is 22.9. The van der Waals surface area contributed by atoms with Gasteiger partial charge in [-0.15, -0.1) is 0 Å². The molecule has 9 heteroatoms. The fraction of sp³-hybridized carbons (Fsp3) is 0.935. The molecule has 0 saturated carbocycles. The summed E-state index contributed by atoms with van der Waals surface area (Å²) in [7, 11) is 0. The van der Waals surface area contributed by atoms with Gasteiger partial charge < -0.3 is 46.0 Å². The lowest BCUT2D eigenvalue weighted by molar-refractivity contribution is 0.0117. The fourth-order valence-electron chi connectivity index (χ4n) is 4.79. The average molecular weight is 579 g/mol. The summed E-state index contributed by atoms with van der Waals surface area (Å²) in [4.78, 5) is 0. The van der Waals surface area contributed by atoms with Crippen LogP contribution in [-0.2, 0) is 0 Å². The standard InChI is InChI=1S/C31H62O9/c1-5-6-8-23(32)15-27(36)13-14-28(37)19-31(40)20-30(39)17-25(34)10-7-9-24(33)16-29(38)18-26(35)12-11-22(4)21(2)3/h7,9,21-40H,5-6,8,10-20H2,1-4H3/b9-7+. The molecule has 0 radical (unpaired) electrons. The summed E-state index contributed by atoms with van der Waals surface area (Å²) in [6.45, 7) is 8.45. The Balaban J connectivity index is 4.17. The Morgan fingerprint density at radius 3 is 1.38 bits per heavy atom. The smallest absolute Gasteiger partial charge is 0.0745 e. The van der Waals surface area contributed by atoms with E-state index in [1.807, 2.05) is 6.92 Å². The summed E-state index contributed by atoms with van der Waals surface area (Å²) < 4.78 is 0. The van der Waals surface area contributed by atoms with Crippen LogP contribution in [0.3, 0.4) is 0 Å². The molecule has 9 nitrogen and oxygen atoms in total. The number of aliphatic hydroxyl groups excluding tert-OH is 9. The van der Waals surface area contributed by atoms with Gasteiger partial charge in [0.25, 0.3) is 0 Å². The Kier molecular flexibility index (Phi) is 22.6. The van der Waals surface area contributed by atoms with E-state index < -0.39 is 54.9 Å². The van der Waals surface area contributed by atoms with Gasteiger partial charge in [-0.25, -0.2) is 0 Å². The first-order valence-corrected chi connectivity index (χ1v) is 15.5. The Morgan fingerprint density at radius 2 is 0.875 bits per heavy atom. The van der Waals surface area contributed by atoms with Crippen molar-refractivity contribution in [3.63, 3.8) is 0 Å². The third-order valence-corrected chi connectivity index (χ3v) is 7.82. The molecule has 40 heavy (non-hydrogen) atoms. The topological polar surface area (TPSA) is 182 Å². The van der Waals surface area contributed by atoms with Gasteiger partial charge >= 0.3 is 0 Å². The van der Waals surface area contributed by atoms with E-state index in [0.29, 0.717) is 31.1 Å². The van der Waals surface area contributed by atoms with Crippen molar-refractivity contribution in [2.24, 2.45) is 11.8 Å². The maximum atomic E-state index is 10.2. The Labute approximate surface area is 242 Å². The van der Waals surface area contributed by atoms with Crippen LogP contribution in [0, 0.1) is 11.8 Å². The van der Waals surface area contributed by atoms with Crippen LogP contribution in [0.5, 0.6) is 0 Å². The average Bonchev–Trinajstić information content (AvgIpc) is 2.84. The van der Waals surface area contributed by atoms with Crippen molar-refractivity contribution in [2.75, 3.05) is 0 Å². The summed E-state index contributed by atoms with van der Waals surface area (Å²) in [5.74, 6) is 1.03. The van der Waals surface area contributed by atoms with Crippen molar-refractivity contribution in [2.45, 2.75) is 173 Å². The maximum absolute atomic E-state index is 10.2. The van der Waals surface area contributed by atoms with Crippen LogP contribution in [0.2, 0.25) is 0 Å². The highest BCUT2D eigenvalue weighted by Crippen LogP contribution is 2.20. The molecular formula is C31H62O9. The first kappa shape index (κ1) is 39.4. The largest absolute Gasteiger partial charge is 0.393 e. The second-order valence-electron chi connectivity index (χ2n) is 12.4. The molecule has 0 aliphatic carbocycles. The minimum Gasteiger partial charge on any atom is -0.393 e. The molecular weight excluding hydrogens is 516 g/mol. The molecule has 0 rings (SSSR count). The van der Waals surface area contributed by atoms with Crippen LogP contribution in [-0.4, -0.2) is 101 Å². The van der Waals surface area contributed by atoms with E-state index in [9.17, 15) is 46.0 Å². The summed E-state index contributed by atoms with van der Waals surface area (Å²) in [6.07, 6.45) is 1.09. The van der Waals surface area contributed by atoms with E-state index in [1.165, 1.54) is 6.08 Å². The van der Waals surface area contributed by atoms with E-state index in [-0.39, 0.29) is 51.4 Å². The molecule has 0 heterocycles. The highest BCUT2D eigenvalue weighted by molar-refractivity contribution is 4.91. The highest BCUT2D eigenvalue weighted by atomic mass is 16.3. The first-order valence-electron chi connectivity index (χ1n) is 15.5. The van der Waals surface area contributed by atoms with Gasteiger partial charge in [-0.2, -0.15) is 0 Å². The molecule has 10 atom stereocenters. The predicted octanol–water partition coefficient (Wildman–Crippen LogP) is 2.56. The van der Waals surface area contributed by atoms with E-state index in [4.69, 9.17) is 0 Å². The van der Waals surface area contributed by atoms with Crippen LogP contribution in [0.1, 0.15) is 118 Å². The van der Waals surface area contributed by atoms with E-state index in [0.717, 1.165) is 19.3 Å². The molecule has 9 N–H and O–H groups in total. The molecule has 0 fully saturated rings. The van der Waals surface area contributed by atoms with Gasteiger partial charge in [-0.3, -0.25) is 0 Å². The van der Waals surface area contributed by atoms with Gasteiger partial charge in [0.05, 0.1) is 54.9 Å². The van der Waals surface area contributed by atoms with Gasteiger partial charge in [0.15, 0.2) is 0 Å². The molecule has 0 aromatic rings. The Bertz CT molecular complexity index is 618. The van der Waals surface area contributed by atoms with E-state index in [1.54, 1.807) is 6.08 Å². The monoisotopic (exact) mass is 578 g/mol. The molecule has 0 saturated heterocycles. The van der Waals surface area contributed by atoms with Gasteiger partial charge in [-0.1, -0.05) is 52.7 Å². The lowest BCUT2D eigenvalue weighted by Crippen LogP contribution is -2.26. The summed E-state index contributed by atoms with van der Waals surface area (Å²) in [5, 5.41) is 91.1. The van der Waals surface area contributed by atoms with Crippen LogP contribution in [0.25, 0.3) is 0 Å². The number of hydrogen-bond acceptors (Lipinski definition) is 9. The summed E-state index contributed by atoms with van der Waals surface area (Å²) in [5.41, 5.74) is 0.